The second-order valence-electron chi connectivity index (χ2n) is 8.17. The molecule has 166 valence electrons. The van der Waals surface area contributed by atoms with Crippen LogP contribution < -0.4 is 9.57 Å². The molecule has 1 saturated heterocycles. The Hall–Kier alpha value is -2.29. The van der Waals surface area contributed by atoms with Crippen LogP contribution in [0.5, 0.6) is 5.75 Å². The summed E-state index contributed by atoms with van der Waals surface area (Å²) < 4.78 is 44.8. The minimum absolute atomic E-state index is 0.0451. The first kappa shape index (κ1) is 21.9. The molecule has 0 spiro atoms. The van der Waals surface area contributed by atoms with Crippen LogP contribution in [0.25, 0.3) is 0 Å². The number of ether oxygens (including phenoxy) is 1. The molecule has 0 unspecified atom stereocenters. The molecule has 0 bridgehead atoms. The fourth-order valence-electron chi connectivity index (χ4n) is 3.93. The molecule has 1 saturated carbocycles. The third-order valence-electron chi connectivity index (χ3n) is 5.78. The van der Waals surface area contributed by atoms with E-state index in [2.05, 4.69) is 4.83 Å². The summed E-state index contributed by atoms with van der Waals surface area (Å²) >= 11 is 0. The number of ketones is 1. The predicted molar refractivity (Wildman–Crippen MR) is 115 cm³/mol. The Morgan fingerprint density at radius 2 is 1.84 bits per heavy atom. The van der Waals surface area contributed by atoms with E-state index in [1.54, 1.807) is 5.01 Å². The maximum absolute atomic E-state index is 13.9. The van der Waals surface area contributed by atoms with Gasteiger partial charge in [0.2, 0.25) is 0 Å². The molecule has 1 heterocycles. The van der Waals surface area contributed by atoms with Gasteiger partial charge in [-0.2, -0.15) is 0 Å². The Morgan fingerprint density at radius 1 is 1.10 bits per heavy atom. The largest absolute Gasteiger partial charge is 0.494 e. The number of halogens is 1. The van der Waals surface area contributed by atoms with Gasteiger partial charge in [0.05, 0.1) is 6.61 Å². The normalized spacial score (nSPS) is 19.5. The smallest absolute Gasteiger partial charge is 0.256 e. The van der Waals surface area contributed by atoms with Crippen LogP contribution in [0.15, 0.2) is 53.4 Å². The van der Waals surface area contributed by atoms with E-state index in [0.717, 1.165) is 55.9 Å². The lowest BCUT2D eigenvalue weighted by atomic mass is 10.1. The second kappa shape index (κ2) is 9.46. The monoisotopic (exact) mass is 446 g/mol. The molecule has 31 heavy (non-hydrogen) atoms. The molecule has 4 rings (SSSR count). The first-order chi connectivity index (χ1) is 14.9. The van der Waals surface area contributed by atoms with E-state index in [-0.39, 0.29) is 22.6 Å². The Labute approximate surface area is 182 Å². The number of hydrazine groups is 1. The number of rotatable bonds is 10. The Bertz CT molecular complexity index is 1020. The van der Waals surface area contributed by atoms with Crippen molar-refractivity contribution < 1.29 is 22.3 Å². The number of nitrogens with one attached hydrogen (secondary N) is 1. The van der Waals surface area contributed by atoms with Gasteiger partial charge in [-0.05, 0) is 74.9 Å². The highest BCUT2D eigenvalue weighted by Crippen LogP contribution is 2.33. The van der Waals surface area contributed by atoms with Gasteiger partial charge in [-0.1, -0.05) is 12.1 Å². The summed E-state index contributed by atoms with van der Waals surface area (Å²) in [5.74, 6) is 0.377. The third kappa shape index (κ3) is 5.50. The summed E-state index contributed by atoms with van der Waals surface area (Å²) in [7, 11) is -3.95. The Balaban J connectivity index is 1.25. The summed E-state index contributed by atoms with van der Waals surface area (Å²) in [6.07, 6.45) is 5.25. The number of carbonyl (C=O) groups excluding carboxylic acids is 1. The van der Waals surface area contributed by atoms with Gasteiger partial charge in [0.1, 0.15) is 16.5 Å². The van der Waals surface area contributed by atoms with Crippen LogP contribution in [0.3, 0.4) is 0 Å². The van der Waals surface area contributed by atoms with Crippen molar-refractivity contribution in [2.45, 2.75) is 49.5 Å². The fraction of sp³-hybridized carbons (Fsp3) is 0.435. The van der Waals surface area contributed by atoms with Crippen molar-refractivity contribution in [1.82, 2.24) is 9.84 Å². The van der Waals surface area contributed by atoms with Gasteiger partial charge >= 0.3 is 0 Å². The van der Waals surface area contributed by atoms with Crippen LogP contribution >= 0.6 is 0 Å². The minimum Gasteiger partial charge on any atom is -0.494 e. The summed E-state index contributed by atoms with van der Waals surface area (Å²) in [6.45, 7) is 1.09. The molecule has 2 fully saturated rings. The predicted octanol–water partition coefficient (Wildman–Crippen LogP) is 3.94. The number of benzene rings is 2. The number of hydrogen-bond acceptors (Lipinski definition) is 5. The Morgan fingerprint density at radius 3 is 2.55 bits per heavy atom. The number of hydrogen-bond donors (Lipinski definition) is 1. The van der Waals surface area contributed by atoms with E-state index in [1.165, 1.54) is 18.2 Å². The van der Waals surface area contributed by atoms with E-state index in [4.69, 9.17) is 4.74 Å². The summed E-state index contributed by atoms with van der Waals surface area (Å²) in [6, 6.07) is 12.7. The SMILES string of the molecule is O=C(c1ccc(OCCC[C@H]2CCCN2NS(=O)(=O)c2ccccc2F)cc1)C1CC1. The van der Waals surface area contributed by atoms with E-state index in [9.17, 15) is 17.6 Å². The molecule has 1 aliphatic heterocycles. The summed E-state index contributed by atoms with van der Waals surface area (Å²) in [4.78, 5) is 14.3. The number of nitrogens with zero attached hydrogens (tertiary/aromatic N) is 1. The van der Waals surface area contributed by atoms with Crippen molar-refractivity contribution in [2.24, 2.45) is 5.92 Å². The average molecular weight is 447 g/mol. The van der Waals surface area contributed by atoms with Crippen molar-refractivity contribution in [3.63, 3.8) is 0 Å². The highest BCUT2D eigenvalue weighted by molar-refractivity contribution is 7.89. The van der Waals surface area contributed by atoms with Crippen molar-refractivity contribution in [3.05, 3.63) is 59.9 Å². The van der Waals surface area contributed by atoms with Gasteiger partial charge in [0.15, 0.2) is 5.78 Å². The lowest BCUT2D eigenvalue weighted by Gasteiger charge is -2.25. The molecule has 2 aliphatic rings. The van der Waals surface area contributed by atoms with Crippen LogP contribution in [-0.4, -0.2) is 38.4 Å². The topological polar surface area (TPSA) is 75.7 Å². The van der Waals surface area contributed by atoms with Crippen molar-refractivity contribution >= 4 is 15.8 Å². The highest BCUT2D eigenvalue weighted by atomic mass is 32.2. The van der Waals surface area contributed by atoms with Crippen molar-refractivity contribution in [3.8, 4) is 5.75 Å². The molecule has 1 N–H and O–H groups in total. The number of sulfonamides is 1. The quantitative estimate of drug-likeness (QED) is 0.442. The molecular weight excluding hydrogens is 419 g/mol. The van der Waals surface area contributed by atoms with Gasteiger partial charge in [-0.15, -0.1) is 4.83 Å². The van der Waals surface area contributed by atoms with Gasteiger partial charge < -0.3 is 4.74 Å². The van der Waals surface area contributed by atoms with E-state index >= 15 is 0 Å². The molecule has 1 atom stereocenters. The van der Waals surface area contributed by atoms with Crippen molar-refractivity contribution in [2.75, 3.05) is 13.2 Å². The third-order valence-corrected chi connectivity index (χ3v) is 7.16. The first-order valence-electron chi connectivity index (χ1n) is 10.7. The van der Waals surface area contributed by atoms with Crippen LogP contribution in [0.4, 0.5) is 4.39 Å². The molecule has 2 aromatic carbocycles. The zero-order chi connectivity index (χ0) is 21.8. The molecule has 6 nitrogen and oxygen atoms in total. The number of Topliss-reactive ketones (excluding diaryl/α,β-unsaturated/α-hetero) is 1. The average Bonchev–Trinajstić information content (AvgIpc) is 3.52. The van der Waals surface area contributed by atoms with Crippen LogP contribution in [0.2, 0.25) is 0 Å². The molecule has 0 amide bonds. The zero-order valence-corrected chi connectivity index (χ0v) is 18.1. The molecular formula is C23H27FN2O4S. The minimum atomic E-state index is -3.95. The van der Waals surface area contributed by atoms with Gasteiger partial charge in [-0.3, -0.25) is 4.79 Å². The van der Waals surface area contributed by atoms with Gasteiger partial charge in [0, 0.05) is 24.1 Å². The van der Waals surface area contributed by atoms with Crippen LogP contribution in [0.1, 0.15) is 48.9 Å². The maximum Gasteiger partial charge on any atom is 0.256 e. The summed E-state index contributed by atoms with van der Waals surface area (Å²) in [5, 5.41) is 1.69. The maximum atomic E-state index is 13.9. The lowest BCUT2D eigenvalue weighted by Crippen LogP contribution is -2.45. The fourth-order valence-corrected chi connectivity index (χ4v) is 5.16. The standard InChI is InChI=1S/C23H27FN2O4S/c24-21-7-1-2-8-22(21)31(28,29)25-26-15-3-5-19(26)6-4-16-30-20-13-11-18(12-14-20)23(27)17-9-10-17/h1-2,7-8,11-14,17,19,25H,3-6,9-10,15-16H2/t19-/m1/s1. The molecule has 2 aromatic rings. The van der Waals surface area contributed by atoms with Gasteiger partial charge in [-0.25, -0.2) is 17.8 Å². The Kier molecular flexibility index (Phi) is 6.69. The summed E-state index contributed by atoms with van der Waals surface area (Å²) in [5.41, 5.74) is 0.735. The van der Waals surface area contributed by atoms with Crippen molar-refractivity contribution in [1.29, 1.82) is 0 Å². The lowest BCUT2D eigenvalue weighted by molar-refractivity contribution is 0.0967. The number of carbonyl (C=O) groups is 1. The van der Waals surface area contributed by atoms with Crippen LogP contribution in [0, 0.1) is 11.7 Å². The molecule has 0 aromatic heterocycles. The van der Waals surface area contributed by atoms with Crippen LogP contribution in [-0.2, 0) is 10.0 Å². The molecule has 8 heteroatoms. The zero-order valence-electron chi connectivity index (χ0n) is 17.3. The highest BCUT2D eigenvalue weighted by Gasteiger charge is 2.31. The van der Waals surface area contributed by atoms with Gasteiger partial charge in [0.25, 0.3) is 10.0 Å². The second-order valence-corrected chi connectivity index (χ2v) is 9.80. The van der Waals surface area contributed by atoms with E-state index < -0.39 is 15.8 Å². The molecule has 1 aliphatic carbocycles. The van der Waals surface area contributed by atoms with E-state index in [1.807, 2.05) is 24.3 Å². The van der Waals surface area contributed by atoms with E-state index in [0.29, 0.717) is 13.2 Å². The first-order valence-corrected chi connectivity index (χ1v) is 12.2. The molecule has 0 radical (unpaired) electrons.